The summed E-state index contributed by atoms with van der Waals surface area (Å²) in [4.78, 5) is 0. The highest BCUT2D eigenvalue weighted by Crippen LogP contribution is 2.35. The van der Waals surface area contributed by atoms with Crippen LogP contribution in [0.4, 0.5) is 0 Å². The van der Waals surface area contributed by atoms with E-state index in [-0.39, 0.29) is 9.52 Å². The summed E-state index contributed by atoms with van der Waals surface area (Å²) in [5.41, 5.74) is 0.593. The second kappa shape index (κ2) is 5.94. The highest BCUT2D eigenvalue weighted by atomic mass is 28.2. The Kier molecular flexibility index (Phi) is 6.04. The fourth-order valence-electron chi connectivity index (χ4n) is 1.77. The fourth-order valence-corrected chi connectivity index (χ4v) is 4.47. The summed E-state index contributed by atoms with van der Waals surface area (Å²) in [6.45, 7) is 14.4. The molecule has 0 fully saturated rings. The van der Waals surface area contributed by atoms with Crippen LogP contribution in [0.3, 0.4) is 0 Å². The predicted octanol–water partition coefficient (Wildman–Crippen LogP) is 4.40. The van der Waals surface area contributed by atoms with E-state index in [1.54, 1.807) is 6.04 Å². The van der Waals surface area contributed by atoms with Crippen LogP contribution in [-0.2, 0) is 0 Å². The lowest BCUT2D eigenvalue weighted by molar-refractivity contribution is 0.336. The molecule has 0 aromatic carbocycles. The van der Waals surface area contributed by atoms with Crippen LogP contribution in [0.1, 0.15) is 67.2 Å². The molecule has 14 heavy (non-hydrogen) atoms. The normalized spacial score (nSPS) is 14.1. The molecule has 0 heterocycles. The second-order valence-corrected chi connectivity index (χ2v) is 8.80. The maximum Gasteiger partial charge on any atom is 0.0267 e. The Morgan fingerprint density at radius 3 is 1.71 bits per heavy atom. The molecular weight excluding hydrogens is 184 g/mol. The van der Waals surface area contributed by atoms with E-state index in [2.05, 4.69) is 41.5 Å². The number of hydrogen-bond donors (Lipinski definition) is 0. The third kappa shape index (κ3) is 5.19. The average molecular weight is 214 g/mol. The van der Waals surface area contributed by atoms with E-state index in [4.69, 9.17) is 0 Å². The van der Waals surface area contributed by atoms with Gasteiger partial charge in [0.1, 0.15) is 0 Å². The molecule has 0 rings (SSSR count). The molecule has 0 nitrogen and oxygen atoms in total. The van der Waals surface area contributed by atoms with Crippen LogP contribution in [0.25, 0.3) is 0 Å². The van der Waals surface area contributed by atoms with Gasteiger partial charge < -0.3 is 0 Å². The van der Waals surface area contributed by atoms with E-state index in [0.29, 0.717) is 5.41 Å². The van der Waals surface area contributed by atoms with Gasteiger partial charge in [0.25, 0.3) is 0 Å². The summed E-state index contributed by atoms with van der Waals surface area (Å²) in [6.07, 6.45) is 5.56. The lowest BCUT2D eigenvalue weighted by Crippen LogP contribution is -2.18. The summed E-state index contributed by atoms with van der Waals surface area (Å²) in [5, 5.41) is 0.740. The van der Waals surface area contributed by atoms with Gasteiger partial charge in [0.15, 0.2) is 0 Å². The molecule has 0 saturated carbocycles. The van der Waals surface area contributed by atoms with Crippen LogP contribution in [0.2, 0.25) is 11.1 Å². The third-order valence-electron chi connectivity index (χ3n) is 4.30. The van der Waals surface area contributed by atoms with Gasteiger partial charge in [-0.25, -0.2) is 0 Å². The number of hydrogen-bond acceptors (Lipinski definition) is 0. The van der Waals surface area contributed by atoms with E-state index in [0.717, 1.165) is 5.04 Å². The highest BCUT2D eigenvalue weighted by molar-refractivity contribution is 6.39. The molecule has 0 bridgehead atoms. The fraction of sp³-hybridized carbons (Fsp3) is 1.00. The van der Waals surface area contributed by atoms with Gasteiger partial charge in [-0.1, -0.05) is 73.3 Å². The van der Waals surface area contributed by atoms with Crippen molar-refractivity contribution in [2.24, 2.45) is 5.41 Å². The molecule has 86 valence electrons. The molecular formula is C13H30Si. The molecule has 0 amide bonds. The first-order valence-corrected chi connectivity index (χ1v) is 8.10. The molecule has 0 aromatic rings. The van der Waals surface area contributed by atoms with Crippen LogP contribution in [-0.4, -0.2) is 9.52 Å². The van der Waals surface area contributed by atoms with Crippen LogP contribution in [0.15, 0.2) is 0 Å². The van der Waals surface area contributed by atoms with Crippen LogP contribution in [0, 0.1) is 5.41 Å². The van der Waals surface area contributed by atoms with Crippen molar-refractivity contribution in [3.05, 3.63) is 0 Å². The van der Waals surface area contributed by atoms with Crippen molar-refractivity contribution in [3.63, 3.8) is 0 Å². The molecule has 0 aliphatic carbocycles. The predicted molar refractivity (Wildman–Crippen MR) is 71.0 cm³/mol. The molecule has 0 aromatic heterocycles. The van der Waals surface area contributed by atoms with Crippen molar-refractivity contribution in [2.45, 2.75) is 78.3 Å². The Morgan fingerprint density at radius 2 is 1.36 bits per heavy atom. The molecule has 1 heteroatoms. The summed E-state index contributed by atoms with van der Waals surface area (Å²) < 4.78 is 0. The van der Waals surface area contributed by atoms with Gasteiger partial charge in [-0.15, -0.1) is 0 Å². The minimum Gasteiger partial charge on any atom is -0.0652 e. The molecule has 0 saturated heterocycles. The zero-order valence-electron chi connectivity index (χ0n) is 11.2. The van der Waals surface area contributed by atoms with Gasteiger partial charge in [0, 0.05) is 9.52 Å². The molecule has 0 unspecified atom stereocenters. The molecule has 0 atom stereocenters. The van der Waals surface area contributed by atoms with Crippen LogP contribution in [0.5, 0.6) is 0 Å². The van der Waals surface area contributed by atoms with E-state index >= 15 is 0 Å². The van der Waals surface area contributed by atoms with E-state index in [1.165, 1.54) is 25.7 Å². The van der Waals surface area contributed by atoms with E-state index in [9.17, 15) is 0 Å². The van der Waals surface area contributed by atoms with Gasteiger partial charge in [-0.05, 0) is 10.5 Å². The maximum atomic E-state index is 2.50. The van der Waals surface area contributed by atoms with E-state index in [1.807, 2.05) is 0 Å². The first-order chi connectivity index (χ1) is 6.39. The molecule has 0 N–H and O–H groups in total. The first kappa shape index (κ1) is 14.2. The standard InChI is InChI=1S/C13H30Si/c1-7-12(4,5)10-11-14-13(6,8-2)9-3/h7-11,14H2,1-6H3. The van der Waals surface area contributed by atoms with Gasteiger partial charge in [0.2, 0.25) is 0 Å². The van der Waals surface area contributed by atoms with Crippen molar-refractivity contribution < 1.29 is 0 Å². The monoisotopic (exact) mass is 214 g/mol. The van der Waals surface area contributed by atoms with Gasteiger partial charge in [0.05, 0.1) is 0 Å². The topological polar surface area (TPSA) is 0 Å². The van der Waals surface area contributed by atoms with Crippen molar-refractivity contribution in [3.8, 4) is 0 Å². The first-order valence-electron chi connectivity index (χ1n) is 6.39. The summed E-state index contributed by atoms with van der Waals surface area (Å²) in [7, 11) is 0.140. The molecule has 0 radical (unpaired) electrons. The maximum absolute atomic E-state index is 2.50. The zero-order valence-corrected chi connectivity index (χ0v) is 12.7. The Morgan fingerprint density at radius 1 is 0.857 bits per heavy atom. The Bertz CT molecular complexity index is 145. The Hall–Kier alpha value is 0.217. The Labute approximate surface area is 93.7 Å². The van der Waals surface area contributed by atoms with Crippen molar-refractivity contribution in [1.29, 1.82) is 0 Å². The summed E-state index contributed by atoms with van der Waals surface area (Å²) in [6, 6.07) is 1.54. The van der Waals surface area contributed by atoms with Crippen molar-refractivity contribution >= 4 is 9.52 Å². The largest absolute Gasteiger partial charge is 0.0652 e. The van der Waals surface area contributed by atoms with Gasteiger partial charge >= 0.3 is 0 Å². The smallest absolute Gasteiger partial charge is 0.0267 e. The summed E-state index contributed by atoms with van der Waals surface area (Å²) >= 11 is 0. The Balaban J connectivity index is 3.83. The van der Waals surface area contributed by atoms with Crippen molar-refractivity contribution in [2.75, 3.05) is 0 Å². The van der Waals surface area contributed by atoms with Gasteiger partial charge in [-0.3, -0.25) is 0 Å². The highest BCUT2D eigenvalue weighted by Gasteiger charge is 2.22. The minimum atomic E-state index is 0.140. The average Bonchev–Trinajstić information content (AvgIpc) is 2.17. The van der Waals surface area contributed by atoms with Crippen LogP contribution >= 0.6 is 0 Å². The van der Waals surface area contributed by atoms with Crippen LogP contribution < -0.4 is 0 Å². The molecule has 0 spiro atoms. The lowest BCUT2D eigenvalue weighted by Gasteiger charge is -2.29. The third-order valence-corrected chi connectivity index (χ3v) is 7.21. The zero-order chi connectivity index (χ0) is 11.2. The summed E-state index contributed by atoms with van der Waals surface area (Å²) in [5.74, 6) is 0. The van der Waals surface area contributed by atoms with E-state index < -0.39 is 0 Å². The molecule has 0 aliphatic rings. The van der Waals surface area contributed by atoms with Gasteiger partial charge in [-0.2, -0.15) is 0 Å². The second-order valence-electron chi connectivity index (χ2n) is 5.89. The lowest BCUT2D eigenvalue weighted by atomic mass is 9.87. The SMILES string of the molecule is CCC(C)(C)CC[SiH2]C(C)(CC)CC. The minimum absolute atomic E-state index is 0.140. The molecule has 0 aliphatic heterocycles. The number of rotatable bonds is 7. The quantitative estimate of drug-likeness (QED) is 0.551. The van der Waals surface area contributed by atoms with Crippen molar-refractivity contribution in [1.82, 2.24) is 0 Å².